The van der Waals surface area contributed by atoms with Crippen LogP contribution in [0.1, 0.15) is 11.1 Å². The second kappa shape index (κ2) is 9.29. The van der Waals surface area contributed by atoms with E-state index in [1.807, 2.05) is 28.0 Å². The summed E-state index contributed by atoms with van der Waals surface area (Å²) in [5.41, 5.74) is -0.961. The summed E-state index contributed by atoms with van der Waals surface area (Å²) < 4.78 is 46.6. The molecule has 0 aromatic heterocycles. The largest absolute Gasteiger partial charge is 0.495 e. The molecule has 3 aliphatic heterocycles. The number of rotatable bonds is 3. The molecule has 0 radical (unpaired) electrons. The average molecular weight is 551 g/mol. The van der Waals surface area contributed by atoms with Crippen molar-refractivity contribution < 1.29 is 32.3 Å². The van der Waals surface area contributed by atoms with Crippen LogP contribution in [0.15, 0.2) is 72.8 Å². The van der Waals surface area contributed by atoms with E-state index >= 15 is 0 Å². The molecule has 3 aromatic carbocycles. The van der Waals surface area contributed by atoms with Crippen LogP contribution in [0.25, 0.3) is 0 Å². The van der Waals surface area contributed by atoms with E-state index in [2.05, 4.69) is 5.32 Å². The number of ether oxygens (including phenoxy) is 1. The first-order chi connectivity index (χ1) is 19.1. The van der Waals surface area contributed by atoms with Crippen LogP contribution in [-0.2, 0) is 22.2 Å². The van der Waals surface area contributed by atoms with E-state index in [9.17, 15) is 27.6 Å². The molecule has 1 spiro atoms. The lowest BCUT2D eigenvalue weighted by Crippen LogP contribution is -2.75. The third-order valence-electron chi connectivity index (χ3n) is 7.99. The van der Waals surface area contributed by atoms with Crippen molar-refractivity contribution in [3.8, 4) is 5.75 Å². The number of imide groups is 2. The van der Waals surface area contributed by atoms with Crippen molar-refractivity contribution in [1.82, 2.24) is 5.32 Å². The first-order valence-electron chi connectivity index (χ1n) is 12.7. The van der Waals surface area contributed by atoms with Gasteiger partial charge in [0.25, 0.3) is 5.91 Å². The molecular formula is C29H25F3N4O4. The van der Waals surface area contributed by atoms with Gasteiger partial charge in [-0.2, -0.15) is 13.2 Å². The number of alkyl halides is 3. The lowest BCUT2D eigenvalue weighted by atomic mass is 9.67. The number of amides is 4. The number of urea groups is 1. The zero-order chi connectivity index (χ0) is 28.2. The third-order valence-corrected chi connectivity index (χ3v) is 7.99. The average Bonchev–Trinajstić information content (AvgIpc) is 2.95. The Kier molecular flexibility index (Phi) is 5.97. The molecule has 2 saturated heterocycles. The van der Waals surface area contributed by atoms with Crippen molar-refractivity contribution in [2.24, 2.45) is 5.41 Å². The molecule has 0 aliphatic carbocycles. The van der Waals surface area contributed by atoms with Gasteiger partial charge in [0.15, 0.2) is 5.41 Å². The molecule has 40 heavy (non-hydrogen) atoms. The van der Waals surface area contributed by atoms with E-state index in [1.165, 1.54) is 6.07 Å². The minimum Gasteiger partial charge on any atom is -0.495 e. The number of halogens is 3. The van der Waals surface area contributed by atoms with Gasteiger partial charge in [0.1, 0.15) is 5.75 Å². The number of methoxy groups -OCH3 is 1. The molecule has 0 bridgehead atoms. The summed E-state index contributed by atoms with van der Waals surface area (Å²) in [7, 11) is 1.55. The number of nitrogens with one attached hydrogen (secondary N) is 1. The van der Waals surface area contributed by atoms with E-state index in [4.69, 9.17) is 4.74 Å². The monoisotopic (exact) mass is 550 g/mol. The summed E-state index contributed by atoms with van der Waals surface area (Å²) in [6.07, 6.45) is -4.90. The van der Waals surface area contributed by atoms with Crippen molar-refractivity contribution in [3.63, 3.8) is 0 Å². The number of carbonyl (C=O) groups excluding carboxylic acids is 3. The number of hydrogen-bond donors (Lipinski definition) is 1. The number of anilines is 3. The molecule has 11 heteroatoms. The highest BCUT2D eigenvalue weighted by Gasteiger charge is 2.63. The Morgan fingerprint density at radius 1 is 0.925 bits per heavy atom. The molecule has 206 valence electrons. The van der Waals surface area contributed by atoms with Crippen LogP contribution in [-0.4, -0.2) is 50.6 Å². The zero-order valence-corrected chi connectivity index (χ0v) is 21.4. The standard InChI is InChI=1S/C29H25F3N4O4/c1-40-23-10-6-5-9-22(23)34-13-14-35-21-12-11-19(29(30,31)32)15-18(21)16-28(24(35)17-34)25(37)33-27(39)36(26(28)38)20-7-3-2-4-8-20/h2-12,15,24H,13-14,16-17H2,1H3,(H,33,37,39)/t24-,28+/m1/s1. The van der Waals surface area contributed by atoms with Gasteiger partial charge in [0, 0.05) is 25.3 Å². The normalized spacial score (nSPS) is 22.6. The molecule has 0 unspecified atom stereocenters. The SMILES string of the molecule is COc1ccccc1N1CCN2c3ccc(C(F)(F)F)cc3C[C@@]3(C(=O)NC(=O)N(c4ccccc4)C3=O)[C@H]2C1. The van der Waals surface area contributed by atoms with E-state index in [0.29, 0.717) is 24.5 Å². The number of carbonyl (C=O) groups is 3. The quantitative estimate of drug-likeness (QED) is 0.492. The van der Waals surface area contributed by atoms with E-state index in [-0.39, 0.29) is 24.2 Å². The molecule has 6 rings (SSSR count). The second-order valence-corrected chi connectivity index (χ2v) is 10.1. The molecule has 2 atom stereocenters. The summed E-state index contributed by atoms with van der Waals surface area (Å²) in [6.45, 7) is 0.976. The summed E-state index contributed by atoms with van der Waals surface area (Å²) in [5, 5.41) is 2.34. The fourth-order valence-electron chi connectivity index (χ4n) is 6.12. The maximum absolute atomic E-state index is 14.4. The van der Waals surface area contributed by atoms with Gasteiger partial charge in [0.2, 0.25) is 5.91 Å². The predicted molar refractivity (Wildman–Crippen MR) is 141 cm³/mol. The Balaban J connectivity index is 1.51. The summed E-state index contributed by atoms with van der Waals surface area (Å²) >= 11 is 0. The fourth-order valence-corrected chi connectivity index (χ4v) is 6.12. The first-order valence-corrected chi connectivity index (χ1v) is 12.7. The number of piperazine rings is 1. The first kappa shape index (κ1) is 25.7. The lowest BCUT2D eigenvalue weighted by molar-refractivity contribution is -0.144. The van der Waals surface area contributed by atoms with Crippen LogP contribution >= 0.6 is 0 Å². The maximum atomic E-state index is 14.4. The number of barbiturate groups is 1. The van der Waals surface area contributed by atoms with E-state index in [1.54, 1.807) is 43.5 Å². The van der Waals surface area contributed by atoms with Crippen molar-refractivity contribution >= 4 is 34.9 Å². The van der Waals surface area contributed by atoms with Crippen LogP contribution in [0.3, 0.4) is 0 Å². The molecule has 8 nitrogen and oxygen atoms in total. The smallest absolute Gasteiger partial charge is 0.416 e. The van der Waals surface area contributed by atoms with Gasteiger partial charge in [-0.05, 0) is 54.4 Å². The second-order valence-electron chi connectivity index (χ2n) is 10.1. The van der Waals surface area contributed by atoms with Crippen LogP contribution in [0.4, 0.5) is 35.0 Å². The predicted octanol–water partition coefficient (Wildman–Crippen LogP) is 4.23. The van der Waals surface area contributed by atoms with Crippen molar-refractivity contribution in [1.29, 1.82) is 0 Å². The van der Waals surface area contributed by atoms with Gasteiger partial charge in [-0.1, -0.05) is 30.3 Å². The van der Waals surface area contributed by atoms with Gasteiger partial charge in [0.05, 0.1) is 30.1 Å². The van der Waals surface area contributed by atoms with Gasteiger partial charge in [-0.25, -0.2) is 9.69 Å². The highest BCUT2D eigenvalue weighted by Crippen LogP contribution is 2.48. The third kappa shape index (κ3) is 3.87. The molecule has 3 heterocycles. The number of nitrogens with zero attached hydrogens (tertiary/aromatic N) is 3. The Morgan fingerprint density at radius 2 is 1.65 bits per heavy atom. The Morgan fingerprint density at radius 3 is 2.38 bits per heavy atom. The molecule has 2 fully saturated rings. The topological polar surface area (TPSA) is 82.2 Å². The van der Waals surface area contributed by atoms with E-state index in [0.717, 1.165) is 22.7 Å². The number of fused-ring (bicyclic) bond motifs is 4. The van der Waals surface area contributed by atoms with Crippen LogP contribution < -0.4 is 24.8 Å². The number of hydrogen-bond acceptors (Lipinski definition) is 6. The highest BCUT2D eigenvalue weighted by atomic mass is 19.4. The Labute approximate surface area is 227 Å². The minimum absolute atomic E-state index is 0.191. The molecule has 0 saturated carbocycles. The zero-order valence-electron chi connectivity index (χ0n) is 21.4. The van der Waals surface area contributed by atoms with Crippen LogP contribution in [0, 0.1) is 5.41 Å². The molecule has 3 aromatic rings. The number of para-hydroxylation sites is 3. The van der Waals surface area contributed by atoms with Gasteiger partial charge in [-0.3, -0.25) is 14.9 Å². The summed E-state index contributed by atoms with van der Waals surface area (Å²) in [6, 6.07) is 17.3. The van der Waals surface area contributed by atoms with Gasteiger partial charge in [-0.15, -0.1) is 0 Å². The minimum atomic E-state index is -4.60. The highest BCUT2D eigenvalue weighted by molar-refractivity contribution is 6.30. The molecular weight excluding hydrogens is 525 g/mol. The van der Waals surface area contributed by atoms with Crippen molar-refractivity contribution in [2.75, 3.05) is 41.4 Å². The fraction of sp³-hybridized carbons (Fsp3) is 0.276. The lowest BCUT2D eigenvalue weighted by Gasteiger charge is -2.55. The Hall–Kier alpha value is -4.54. The molecule has 4 amide bonds. The van der Waals surface area contributed by atoms with Gasteiger partial charge < -0.3 is 14.5 Å². The summed E-state index contributed by atoms with van der Waals surface area (Å²) in [5.74, 6) is -0.987. The molecule has 3 aliphatic rings. The van der Waals surface area contributed by atoms with E-state index < -0.39 is 41.0 Å². The maximum Gasteiger partial charge on any atom is 0.416 e. The van der Waals surface area contributed by atoms with Crippen LogP contribution in [0.2, 0.25) is 0 Å². The summed E-state index contributed by atoms with van der Waals surface area (Å²) in [4.78, 5) is 45.9. The van der Waals surface area contributed by atoms with Crippen LogP contribution in [0.5, 0.6) is 5.75 Å². The molecule has 1 N–H and O–H groups in total. The van der Waals surface area contributed by atoms with Crippen molar-refractivity contribution in [2.45, 2.75) is 18.6 Å². The van der Waals surface area contributed by atoms with Gasteiger partial charge >= 0.3 is 12.2 Å². The van der Waals surface area contributed by atoms with Crippen molar-refractivity contribution in [3.05, 3.63) is 83.9 Å². The Bertz CT molecular complexity index is 1510. The number of benzene rings is 3.